The summed E-state index contributed by atoms with van der Waals surface area (Å²) in [6, 6.07) is 4.84. The molecule has 0 atom stereocenters. The van der Waals surface area contributed by atoms with Crippen molar-refractivity contribution in [1.29, 1.82) is 0 Å². The highest BCUT2D eigenvalue weighted by Gasteiger charge is 2.19. The number of aromatic nitrogens is 2. The molecule has 2 heterocycles. The summed E-state index contributed by atoms with van der Waals surface area (Å²) in [6.07, 6.45) is 2.56. The standard InChI is InChI=1S/C15H17ClFN3O/c16-10-13-18-15-11(17)4-3-5-12(15)20(13)9-6-14(21)19-7-1-2-8-19/h3-5H,1-2,6-10H2. The number of halogens is 2. The number of carbonyl (C=O) groups is 1. The maximum absolute atomic E-state index is 13.8. The van der Waals surface area contributed by atoms with E-state index >= 15 is 0 Å². The summed E-state index contributed by atoms with van der Waals surface area (Å²) >= 11 is 5.90. The van der Waals surface area contributed by atoms with Gasteiger partial charge in [0.2, 0.25) is 5.91 Å². The molecular formula is C15H17ClFN3O. The number of likely N-dealkylation sites (tertiary alicyclic amines) is 1. The largest absolute Gasteiger partial charge is 0.343 e. The van der Waals surface area contributed by atoms with Gasteiger partial charge in [-0.15, -0.1) is 11.6 Å². The summed E-state index contributed by atoms with van der Waals surface area (Å²) in [5.41, 5.74) is 1.02. The third-order valence-electron chi connectivity index (χ3n) is 3.94. The Morgan fingerprint density at radius 1 is 1.33 bits per heavy atom. The van der Waals surface area contributed by atoms with Crippen LogP contribution in [0.15, 0.2) is 18.2 Å². The lowest BCUT2D eigenvalue weighted by molar-refractivity contribution is -0.130. The third-order valence-corrected chi connectivity index (χ3v) is 4.18. The first kappa shape index (κ1) is 14.3. The molecule has 1 saturated heterocycles. The van der Waals surface area contributed by atoms with Crippen molar-refractivity contribution in [1.82, 2.24) is 14.5 Å². The van der Waals surface area contributed by atoms with Crippen LogP contribution in [0.2, 0.25) is 0 Å². The van der Waals surface area contributed by atoms with Gasteiger partial charge in [-0.1, -0.05) is 6.07 Å². The fraction of sp³-hybridized carbons (Fsp3) is 0.467. The molecule has 21 heavy (non-hydrogen) atoms. The van der Waals surface area contributed by atoms with E-state index in [4.69, 9.17) is 11.6 Å². The minimum Gasteiger partial charge on any atom is -0.343 e. The minimum atomic E-state index is -0.358. The predicted molar refractivity (Wildman–Crippen MR) is 79.7 cm³/mol. The molecule has 1 amide bonds. The highest BCUT2D eigenvalue weighted by molar-refractivity contribution is 6.16. The Balaban J connectivity index is 1.82. The minimum absolute atomic E-state index is 0.145. The van der Waals surface area contributed by atoms with E-state index in [9.17, 15) is 9.18 Å². The second kappa shape index (κ2) is 6.02. The first-order valence-electron chi connectivity index (χ1n) is 7.18. The number of aryl methyl sites for hydroxylation is 1. The van der Waals surface area contributed by atoms with E-state index in [0.717, 1.165) is 25.9 Å². The number of benzene rings is 1. The smallest absolute Gasteiger partial charge is 0.224 e. The number of hydrogen-bond acceptors (Lipinski definition) is 2. The molecule has 0 bridgehead atoms. The van der Waals surface area contributed by atoms with Gasteiger partial charge in [-0.3, -0.25) is 4.79 Å². The van der Waals surface area contributed by atoms with Crippen LogP contribution < -0.4 is 0 Å². The van der Waals surface area contributed by atoms with Gasteiger partial charge < -0.3 is 9.47 Å². The summed E-state index contributed by atoms with van der Waals surface area (Å²) in [6.45, 7) is 2.18. The summed E-state index contributed by atoms with van der Waals surface area (Å²) < 4.78 is 15.6. The van der Waals surface area contributed by atoms with Crippen molar-refractivity contribution in [3.63, 3.8) is 0 Å². The lowest BCUT2D eigenvalue weighted by Crippen LogP contribution is -2.28. The van der Waals surface area contributed by atoms with Crippen LogP contribution in [-0.4, -0.2) is 33.4 Å². The van der Waals surface area contributed by atoms with Crippen LogP contribution in [0, 0.1) is 5.82 Å². The Labute approximate surface area is 127 Å². The SMILES string of the molecule is O=C(CCn1c(CCl)nc2c(F)cccc21)N1CCCC1. The quantitative estimate of drug-likeness (QED) is 0.815. The average molecular weight is 310 g/mol. The van der Waals surface area contributed by atoms with Gasteiger partial charge >= 0.3 is 0 Å². The zero-order valence-electron chi connectivity index (χ0n) is 11.7. The molecule has 1 aliphatic rings. The lowest BCUT2D eigenvalue weighted by Gasteiger charge is -2.16. The molecule has 0 N–H and O–H groups in total. The van der Waals surface area contributed by atoms with E-state index in [0.29, 0.717) is 29.8 Å². The maximum Gasteiger partial charge on any atom is 0.224 e. The van der Waals surface area contributed by atoms with Gasteiger partial charge in [0.15, 0.2) is 5.82 Å². The number of fused-ring (bicyclic) bond motifs is 1. The van der Waals surface area contributed by atoms with E-state index in [1.165, 1.54) is 6.07 Å². The topological polar surface area (TPSA) is 38.1 Å². The summed E-state index contributed by atoms with van der Waals surface area (Å²) in [5, 5.41) is 0. The Morgan fingerprint density at radius 3 is 2.81 bits per heavy atom. The number of rotatable bonds is 4. The first-order valence-corrected chi connectivity index (χ1v) is 7.71. The zero-order chi connectivity index (χ0) is 14.8. The van der Waals surface area contributed by atoms with Crippen LogP contribution in [-0.2, 0) is 17.2 Å². The number of hydrogen-bond donors (Lipinski definition) is 0. The molecule has 0 saturated carbocycles. The number of amides is 1. The summed E-state index contributed by atoms with van der Waals surface area (Å²) in [7, 11) is 0. The second-order valence-electron chi connectivity index (χ2n) is 5.26. The molecule has 0 radical (unpaired) electrons. The molecule has 0 spiro atoms. The van der Waals surface area contributed by atoms with Gasteiger partial charge in [0, 0.05) is 26.1 Å². The second-order valence-corrected chi connectivity index (χ2v) is 5.53. The summed E-state index contributed by atoms with van der Waals surface area (Å²) in [5.74, 6) is 0.590. The van der Waals surface area contributed by atoms with Gasteiger partial charge in [0.25, 0.3) is 0 Å². The Morgan fingerprint density at radius 2 is 2.10 bits per heavy atom. The van der Waals surface area contributed by atoms with Gasteiger partial charge in [-0.25, -0.2) is 9.37 Å². The Bertz CT molecular complexity index is 664. The van der Waals surface area contributed by atoms with Crippen LogP contribution in [0.3, 0.4) is 0 Å². The fourth-order valence-corrected chi connectivity index (χ4v) is 3.05. The van der Waals surface area contributed by atoms with E-state index in [-0.39, 0.29) is 17.6 Å². The molecule has 3 rings (SSSR count). The van der Waals surface area contributed by atoms with Crippen molar-refractivity contribution in [2.75, 3.05) is 13.1 Å². The Kier molecular flexibility index (Phi) is 4.10. The fourth-order valence-electron chi connectivity index (χ4n) is 2.84. The monoisotopic (exact) mass is 309 g/mol. The molecule has 1 aromatic heterocycles. The molecule has 0 aliphatic carbocycles. The highest BCUT2D eigenvalue weighted by Crippen LogP contribution is 2.21. The highest BCUT2D eigenvalue weighted by atomic mass is 35.5. The van der Waals surface area contributed by atoms with Crippen molar-refractivity contribution in [2.45, 2.75) is 31.7 Å². The van der Waals surface area contributed by atoms with E-state index < -0.39 is 0 Å². The number of imidazole rings is 1. The van der Waals surface area contributed by atoms with Gasteiger partial charge in [0.1, 0.15) is 11.3 Å². The normalized spacial score (nSPS) is 15.0. The lowest BCUT2D eigenvalue weighted by atomic mass is 10.3. The van der Waals surface area contributed by atoms with Crippen LogP contribution in [0.5, 0.6) is 0 Å². The number of carbonyl (C=O) groups excluding carboxylic acids is 1. The van der Waals surface area contributed by atoms with Crippen LogP contribution in [0.1, 0.15) is 25.1 Å². The van der Waals surface area contributed by atoms with Crippen LogP contribution >= 0.6 is 11.6 Å². The van der Waals surface area contributed by atoms with Gasteiger partial charge in [-0.2, -0.15) is 0 Å². The molecular weight excluding hydrogens is 293 g/mol. The number of para-hydroxylation sites is 1. The summed E-state index contributed by atoms with van der Waals surface area (Å²) in [4.78, 5) is 18.3. The molecule has 1 aliphatic heterocycles. The van der Waals surface area contributed by atoms with Crippen molar-refractivity contribution in [3.8, 4) is 0 Å². The molecule has 1 fully saturated rings. The molecule has 1 aromatic carbocycles. The molecule has 2 aromatic rings. The zero-order valence-corrected chi connectivity index (χ0v) is 12.4. The van der Waals surface area contributed by atoms with Crippen molar-refractivity contribution in [2.24, 2.45) is 0 Å². The van der Waals surface area contributed by atoms with Gasteiger partial charge in [-0.05, 0) is 25.0 Å². The van der Waals surface area contributed by atoms with E-state index in [1.807, 2.05) is 15.5 Å². The maximum atomic E-state index is 13.8. The number of alkyl halides is 1. The predicted octanol–water partition coefficient (Wildman–Crippen LogP) is 2.93. The molecule has 112 valence electrons. The Hall–Kier alpha value is -1.62. The van der Waals surface area contributed by atoms with Crippen molar-refractivity contribution >= 4 is 28.5 Å². The first-order chi connectivity index (χ1) is 10.2. The number of nitrogens with zero attached hydrogens (tertiary/aromatic N) is 3. The third kappa shape index (κ3) is 2.75. The van der Waals surface area contributed by atoms with E-state index in [1.54, 1.807) is 6.07 Å². The van der Waals surface area contributed by atoms with Crippen LogP contribution in [0.4, 0.5) is 4.39 Å². The molecule has 0 unspecified atom stereocenters. The molecule has 6 heteroatoms. The average Bonchev–Trinajstić information content (AvgIpc) is 3.13. The molecule has 4 nitrogen and oxygen atoms in total. The van der Waals surface area contributed by atoms with Crippen LogP contribution in [0.25, 0.3) is 11.0 Å². The van der Waals surface area contributed by atoms with Gasteiger partial charge in [0.05, 0.1) is 11.4 Å². The van der Waals surface area contributed by atoms with E-state index in [2.05, 4.69) is 4.98 Å². The van der Waals surface area contributed by atoms with Crippen molar-refractivity contribution < 1.29 is 9.18 Å². The van der Waals surface area contributed by atoms with Crippen molar-refractivity contribution in [3.05, 3.63) is 29.8 Å².